The summed E-state index contributed by atoms with van der Waals surface area (Å²) in [5.74, 6) is 1.87. The van der Waals surface area contributed by atoms with Gasteiger partial charge in [-0.2, -0.15) is 0 Å². The van der Waals surface area contributed by atoms with Crippen LogP contribution in [-0.2, 0) is 19.6 Å². The third-order valence-corrected chi connectivity index (χ3v) is 2.98. The summed E-state index contributed by atoms with van der Waals surface area (Å²) < 4.78 is 5.71. The zero-order valence-corrected chi connectivity index (χ0v) is 11.0. The third-order valence-electron chi connectivity index (χ3n) is 2.98. The van der Waals surface area contributed by atoms with E-state index in [9.17, 15) is 0 Å². The van der Waals surface area contributed by atoms with E-state index >= 15 is 0 Å². The predicted molar refractivity (Wildman–Crippen MR) is 72.9 cm³/mol. The molecule has 0 atom stereocenters. The van der Waals surface area contributed by atoms with E-state index in [2.05, 4.69) is 42.3 Å². The first-order chi connectivity index (χ1) is 8.69. The van der Waals surface area contributed by atoms with E-state index in [1.54, 1.807) is 0 Å². The average molecular weight is 244 g/mol. The smallest absolute Gasteiger partial charge is 0.120 e. The predicted octanol–water partition coefficient (Wildman–Crippen LogP) is 2.68. The van der Waals surface area contributed by atoms with Crippen LogP contribution in [0.2, 0.25) is 0 Å². The Kier molecular flexibility index (Phi) is 4.18. The monoisotopic (exact) mass is 244 g/mol. The Morgan fingerprint density at radius 3 is 2.50 bits per heavy atom. The molecular weight excluding hydrogens is 224 g/mol. The Bertz CT molecular complexity index is 490. The Morgan fingerprint density at radius 2 is 1.89 bits per heavy atom. The number of nitrogens with zero attached hydrogens (tertiary/aromatic N) is 1. The maximum atomic E-state index is 5.71. The third kappa shape index (κ3) is 3.22. The highest BCUT2D eigenvalue weighted by Gasteiger charge is 2.08. The molecule has 0 unspecified atom stereocenters. The maximum absolute atomic E-state index is 5.71. The molecule has 18 heavy (non-hydrogen) atoms. The zero-order chi connectivity index (χ0) is 13.0. The topological polar surface area (TPSA) is 42.4 Å². The van der Waals surface area contributed by atoms with Crippen LogP contribution in [0.25, 0.3) is 0 Å². The van der Waals surface area contributed by atoms with Crippen LogP contribution >= 0.6 is 0 Å². The summed E-state index contributed by atoms with van der Waals surface area (Å²) in [4.78, 5) is 2.23. The number of furan rings is 1. The molecule has 2 rings (SSSR count). The Balaban J connectivity index is 1.96. The largest absolute Gasteiger partial charge is 0.463 e. The van der Waals surface area contributed by atoms with Crippen molar-refractivity contribution >= 4 is 0 Å². The minimum absolute atomic E-state index is 0.467. The summed E-state index contributed by atoms with van der Waals surface area (Å²) in [6, 6.07) is 12.5. The molecule has 2 aromatic rings. The van der Waals surface area contributed by atoms with Crippen molar-refractivity contribution in [2.75, 3.05) is 7.05 Å². The van der Waals surface area contributed by atoms with Gasteiger partial charge >= 0.3 is 0 Å². The van der Waals surface area contributed by atoms with Crippen LogP contribution < -0.4 is 5.73 Å². The summed E-state index contributed by atoms with van der Waals surface area (Å²) in [6.45, 7) is 4.22. The lowest BCUT2D eigenvalue weighted by Crippen LogP contribution is -2.16. The molecule has 0 amide bonds. The quantitative estimate of drug-likeness (QED) is 0.879. The lowest BCUT2D eigenvalue weighted by Gasteiger charge is -2.14. The van der Waals surface area contributed by atoms with Gasteiger partial charge in [-0.15, -0.1) is 0 Å². The lowest BCUT2D eigenvalue weighted by atomic mass is 10.2. The number of hydrogen-bond acceptors (Lipinski definition) is 3. The molecule has 0 aliphatic carbocycles. The van der Waals surface area contributed by atoms with Gasteiger partial charge in [0.1, 0.15) is 11.5 Å². The molecule has 0 bridgehead atoms. The summed E-state index contributed by atoms with van der Waals surface area (Å²) in [5, 5.41) is 0. The summed E-state index contributed by atoms with van der Waals surface area (Å²) in [6.07, 6.45) is 0. The zero-order valence-electron chi connectivity index (χ0n) is 11.0. The van der Waals surface area contributed by atoms with Gasteiger partial charge in [-0.25, -0.2) is 0 Å². The van der Waals surface area contributed by atoms with Crippen molar-refractivity contribution in [2.45, 2.75) is 26.6 Å². The van der Waals surface area contributed by atoms with E-state index in [0.29, 0.717) is 6.54 Å². The number of benzene rings is 1. The fourth-order valence-corrected chi connectivity index (χ4v) is 2.09. The summed E-state index contributed by atoms with van der Waals surface area (Å²) >= 11 is 0. The Morgan fingerprint density at radius 1 is 1.17 bits per heavy atom. The van der Waals surface area contributed by atoms with Gasteiger partial charge in [-0.1, -0.05) is 30.3 Å². The van der Waals surface area contributed by atoms with E-state index in [1.165, 1.54) is 5.56 Å². The van der Waals surface area contributed by atoms with Crippen molar-refractivity contribution in [1.82, 2.24) is 4.90 Å². The molecule has 0 aliphatic heterocycles. The van der Waals surface area contributed by atoms with Crippen molar-refractivity contribution in [3.8, 4) is 0 Å². The average Bonchev–Trinajstić information content (AvgIpc) is 2.70. The van der Waals surface area contributed by atoms with Gasteiger partial charge < -0.3 is 10.2 Å². The second-order valence-electron chi connectivity index (χ2n) is 4.68. The van der Waals surface area contributed by atoms with Crippen LogP contribution in [0.3, 0.4) is 0 Å². The summed E-state index contributed by atoms with van der Waals surface area (Å²) in [7, 11) is 2.09. The first-order valence-corrected chi connectivity index (χ1v) is 6.19. The van der Waals surface area contributed by atoms with Gasteiger partial charge in [0.05, 0.1) is 13.1 Å². The second kappa shape index (κ2) is 5.85. The Labute approximate surface area is 108 Å². The van der Waals surface area contributed by atoms with E-state index in [4.69, 9.17) is 10.2 Å². The second-order valence-corrected chi connectivity index (χ2v) is 4.68. The summed E-state index contributed by atoms with van der Waals surface area (Å²) in [5.41, 5.74) is 8.06. The van der Waals surface area contributed by atoms with Gasteiger partial charge in [0, 0.05) is 6.54 Å². The van der Waals surface area contributed by atoms with E-state index in [-0.39, 0.29) is 0 Å². The van der Waals surface area contributed by atoms with Gasteiger partial charge in [-0.05, 0) is 31.2 Å². The molecule has 0 saturated heterocycles. The molecule has 0 spiro atoms. The molecule has 3 nitrogen and oxygen atoms in total. The van der Waals surface area contributed by atoms with Crippen LogP contribution in [0.1, 0.15) is 22.6 Å². The van der Waals surface area contributed by atoms with Crippen molar-refractivity contribution in [3.05, 3.63) is 59.0 Å². The molecule has 0 fully saturated rings. The first kappa shape index (κ1) is 12.9. The number of aryl methyl sites for hydroxylation is 1. The highest BCUT2D eigenvalue weighted by molar-refractivity contribution is 5.20. The standard InChI is InChI=1S/C15H20N2O/c1-12-8-14(18-15(12)9-16)11-17(2)10-13-6-4-3-5-7-13/h3-8H,9-11,16H2,1-2H3. The van der Waals surface area contributed by atoms with Gasteiger partial charge in [0.15, 0.2) is 0 Å². The van der Waals surface area contributed by atoms with Gasteiger partial charge in [-0.3, -0.25) is 4.90 Å². The van der Waals surface area contributed by atoms with Crippen LogP contribution in [0.5, 0.6) is 0 Å². The van der Waals surface area contributed by atoms with Crippen LogP contribution in [0.15, 0.2) is 40.8 Å². The van der Waals surface area contributed by atoms with Gasteiger partial charge in [0.2, 0.25) is 0 Å². The lowest BCUT2D eigenvalue weighted by molar-refractivity contribution is 0.283. The normalized spacial score (nSPS) is 11.1. The molecule has 1 heterocycles. The van der Waals surface area contributed by atoms with E-state index in [0.717, 1.165) is 30.2 Å². The minimum Gasteiger partial charge on any atom is -0.463 e. The molecule has 96 valence electrons. The number of hydrogen-bond donors (Lipinski definition) is 1. The fraction of sp³-hybridized carbons (Fsp3) is 0.333. The molecule has 0 saturated carbocycles. The van der Waals surface area contributed by atoms with Crippen molar-refractivity contribution in [2.24, 2.45) is 5.73 Å². The minimum atomic E-state index is 0.467. The molecule has 3 heteroatoms. The van der Waals surface area contributed by atoms with Crippen molar-refractivity contribution in [3.63, 3.8) is 0 Å². The number of rotatable bonds is 5. The van der Waals surface area contributed by atoms with Crippen molar-refractivity contribution in [1.29, 1.82) is 0 Å². The van der Waals surface area contributed by atoms with Crippen LogP contribution in [0, 0.1) is 6.92 Å². The molecular formula is C15H20N2O. The van der Waals surface area contributed by atoms with E-state index < -0.39 is 0 Å². The molecule has 1 aromatic heterocycles. The molecule has 1 aromatic carbocycles. The molecule has 0 radical (unpaired) electrons. The van der Waals surface area contributed by atoms with Crippen molar-refractivity contribution < 1.29 is 4.42 Å². The first-order valence-electron chi connectivity index (χ1n) is 6.19. The van der Waals surface area contributed by atoms with Crippen LogP contribution in [-0.4, -0.2) is 11.9 Å². The highest BCUT2D eigenvalue weighted by atomic mass is 16.3. The van der Waals surface area contributed by atoms with Crippen LogP contribution in [0.4, 0.5) is 0 Å². The molecule has 2 N–H and O–H groups in total. The fourth-order valence-electron chi connectivity index (χ4n) is 2.09. The highest BCUT2D eigenvalue weighted by Crippen LogP contribution is 2.16. The van der Waals surface area contributed by atoms with Gasteiger partial charge in [0.25, 0.3) is 0 Å². The maximum Gasteiger partial charge on any atom is 0.120 e. The van der Waals surface area contributed by atoms with E-state index in [1.807, 2.05) is 13.0 Å². The number of nitrogens with two attached hydrogens (primary N) is 1. The Hall–Kier alpha value is -1.58. The molecule has 0 aliphatic rings. The SMILES string of the molecule is Cc1cc(CN(C)Cc2ccccc2)oc1CN.